The Kier molecular flexibility index (Phi) is 7.56. The van der Waals surface area contributed by atoms with E-state index < -0.39 is 11.5 Å². The van der Waals surface area contributed by atoms with Crippen LogP contribution in [0.1, 0.15) is 31.6 Å². The summed E-state index contributed by atoms with van der Waals surface area (Å²) in [7, 11) is 1.33. The van der Waals surface area contributed by atoms with Crippen molar-refractivity contribution >= 4 is 46.6 Å². The average Bonchev–Trinajstić information content (AvgIpc) is 2.83. The van der Waals surface area contributed by atoms with E-state index in [0.29, 0.717) is 12.2 Å². The van der Waals surface area contributed by atoms with Gasteiger partial charge in [0.25, 0.3) is 0 Å². The van der Waals surface area contributed by atoms with Crippen molar-refractivity contribution in [3.8, 4) is 0 Å². The van der Waals surface area contributed by atoms with Crippen LogP contribution in [-0.2, 0) is 20.1 Å². The highest BCUT2D eigenvalue weighted by Gasteiger charge is 2.34. The number of ether oxygens (including phenoxy) is 1. The molecule has 21 heavy (non-hydrogen) atoms. The number of esters is 1. The van der Waals surface area contributed by atoms with Crippen LogP contribution in [-0.4, -0.2) is 30.3 Å². The van der Waals surface area contributed by atoms with Crippen molar-refractivity contribution in [3.63, 3.8) is 0 Å². The molecule has 1 N–H and O–H groups in total. The maximum absolute atomic E-state index is 12.0. The topological polar surface area (TPSA) is 55.4 Å². The molecule has 7 heteroatoms. The number of hydrogen-bond acceptors (Lipinski definition) is 5. The molecule has 1 rings (SSSR count). The van der Waals surface area contributed by atoms with Gasteiger partial charge in [0.2, 0.25) is 5.91 Å². The normalized spacial score (nSPS) is 13.5. The number of carbonyl (C=O) groups is 2. The van der Waals surface area contributed by atoms with E-state index in [9.17, 15) is 9.59 Å². The number of nitrogens with one attached hydrogen (secondary N) is 1. The van der Waals surface area contributed by atoms with Crippen LogP contribution in [0, 0.1) is 0 Å². The summed E-state index contributed by atoms with van der Waals surface area (Å²) in [5.41, 5.74) is -0.951. The molecule has 4 nitrogen and oxygen atoms in total. The molecule has 0 aromatic carbocycles. The molecule has 0 saturated heterocycles. The third-order valence-electron chi connectivity index (χ3n) is 2.91. The molecule has 1 unspecified atom stereocenters. The molecule has 1 aromatic rings. The van der Waals surface area contributed by atoms with Crippen LogP contribution >= 0.6 is 34.7 Å². The van der Waals surface area contributed by atoms with Gasteiger partial charge in [-0.3, -0.25) is 4.79 Å². The summed E-state index contributed by atoms with van der Waals surface area (Å²) >= 11 is 8.85. The highest BCUT2D eigenvalue weighted by molar-refractivity contribution is 7.99. The van der Waals surface area contributed by atoms with Gasteiger partial charge < -0.3 is 10.1 Å². The van der Waals surface area contributed by atoms with E-state index in [-0.39, 0.29) is 5.91 Å². The highest BCUT2D eigenvalue weighted by atomic mass is 35.5. The fraction of sp³-hybridized carbons (Fsp3) is 0.571. The molecular formula is C14H20ClNO3S2. The second-order valence-corrected chi connectivity index (χ2v) is 7.61. The van der Waals surface area contributed by atoms with E-state index in [4.69, 9.17) is 16.3 Å². The highest BCUT2D eigenvalue weighted by Crippen LogP contribution is 2.25. The first-order valence-corrected chi connectivity index (χ1v) is 8.97. The molecule has 0 aliphatic heterocycles. The number of amides is 1. The Labute approximate surface area is 138 Å². The minimum atomic E-state index is -0.951. The van der Waals surface area contributed by atoms with Gasteiger partial charge in [0.05, 0.1) is 17.2 Å². The number of rotatable bonds is 8. The van der Waals surface area contributed by atoms with Crippen molar-refractivity contribution in [1.82, 2.24) is 5.32 Å². The number of hydrogen-bond donors (Lipinski definition) is 1. The predicted octanol–water partition coefficient (Wildman–Crippen LogP) is 3.48. The van der Waals surface area contributed by atoms with Crippen molar-refractivity contribution in [1.29, 1.82) is 0 Å². The van der Waals surface area contributed by atoms with Crippen molar-refractivity contribution in [2.24, 2.45) is 0 Å². The van der Waals surface area contributed by atoms with Crippen LogP contribution in [0.5, 0.6) is 0 Å². The van der Waals surface area contributed by atoms with Gasteiger partial charge in [0, 0.05) is 10.6 Å². The molecular weight excluding hydrogens is 330 g/mol. The van der Waals surface area contributed by atoms with Crippen molar-refractivity contribution in [3.05, 3.63) is 21.3 Å². The van der Waals surface area contributed by atoms with Gasteiger partial charge in [-0.15, -0.1) is 23.1 Å². The molecule has 0 saturated carbocycles. The largest absolute Gasteiger partial charge is 0.467 e. The van der Waals surface area contributed by atoms with E-state index in [0.717, 1.165) is 21.4 Å². The SMILES string of the molecule is CCCC(C)(NC(=O)CSCc1ccc(Cl)s1)C(=O)OC. The Morgan fingerprint density at radius 3 is 2.71 bits per heavy atom. The molecule has 0 spiro atoms. The first-order valence-electron chi connectivity index (χ1n) is 6.62. The van der Waals surface area contributed by atoms with Gasteiger partial charge in [-0.25, -0.2) is 4.79 Å². The van der Waals surface area contributed by atoms with Crippen molar-refractivity contribution < 1.29 is 14.3 Å². The predicted molar refractivity (Wildman–Crippen MR) is 89.0 cm³/mol. The standard InChI is InChI=1S/C14H20ClNO3S2/c1-4-7-14(2,13(18)19-3)16-12(17)9-20-8-10-5-6-11(15)21-10/h5-6H,4,7-9H2,1-3H3,(H,16,17). The lowest BCUT2D eigenvalue weighted by Gasteiger charge is -2.27. The minimum absolute atomic E-state index is 0.163. The fourth-order valence-electron chi connectivity index (χ4n) is 1.96. The van der Waals surface area contributed by atoms with Gasteiger partial charge in [0.15, 0.2) is 0 Å². The maximum Gasteiger partial charge on any atom is 0.331 e. The Morgan fingerprint density at radius 1 is 1.48 bits per heavy atom. The molecule has 0 radical (unpaired) electrons. The van der Waals surface area contributed by atoms with Gasteiger partial charge in [-0.1, -0.05) is 24.9 Å². The van der Waals surface area contributed by atoms with Crippen molar-refractivity contribution in [2.75, 3.05) is 12.9 Å². The summed E-state index contributed by atoms with van der Waals surface area (Å²) < 4.78 is 5.52. The summed E-state index contributed by atoms with van der Waals surface area (Å²) in [4.78, 5) is 24.9. The number of halogens is 1. The zero-order valence-corrected chi connectivity index (χ0v) is 14.8. The summed E-state index contributed by atoms with van der Waals surface area (Å²) in [5.74, 6) is 0.455. The van der Waals surface area contributed by atoms with Gasteiger partial charge >= 0.3 is 5.97 Å². The first-order chi connectivity index (χ1) is 9.91. The summed E-state index contributed by atoms with van der Waals surface area (Å²) in [6.45, 7) is 3.66. The Bertz CT molecular complexity index is 492. The molecule has 118 valence electrons. The number of methoxy groups -OCH3 is 1. The molecule has 1 aromatic heterocycles. The molecule has 1 atom stereocenters. The summed E-state index contributed by atoms with van der Waals surface area (Å²) in [5, 5.41) is 2.78. The van der Waals surface area contributed by atoms with Crippen LogP contribution in [0.4, 0.5) is 0 Å². The monoisotopic (exact) mass is 349 g/mol. The Balaban J connectivity index is 2.45. The van der Waals surface area contributed by atoms with E-state index in [1.807, 2.05) is 19.1 Å². The second-order valence-electron chi connectivity index (χ2n) is 4.82. The maximum atomic E-state index is 12.0. The average molecular weight is 350 g/mol. The zero-order chi connectivity index (χ0) is 15.9. The zero-order valence-electron chi connectivity index (χ0n) is 12.4. The number of thiophene rings is 1. The lowest BCUT2D eigenvalue weighted by Crippen LogP contribution is -2.53. The van der Waals surface area contributed by atoms with Crippen LogP contribution in [0.3, 0.4) is 0 Å². The van der Waals surface area contributed by atoms with Gasteiger partial charge in [-0.05, 0) is 25.5 Å². The molecule has 0 aliphatic rings. The lowest BCUT2D eigenvalue weighted by molar-refractivity contribution is -0.150. The molecule has 0 aliphatic carbocycles. The van der Waals surface area contributed by atoms with E-state index in [2.05, 4.69) is 5.32 Å². The second kappa shape index (κ2) is 8.66. The Hall–Kier alpha value is -0.720. The molecule has 0 bridgehead atoms. The van der Waals surface area contributed by atoms with E-state index in [1.165, 1.54) is 30.2 Å². The van der Waals surface area contributed by atoms with Gasteiger partial charge in [0.1, 0.15) is 5.54 Å². The van der Waals surface area contributed by atoms with Gasteiger partial charge in [-0.2, -0.15) is 0 Å². The third-order valence-corrected chi connectivity index (χ3v) is 5.30. The van der Waals surface area contributed by atoms with E-state index in [1.54, 1.807) is 6.92 Å². The number of carbonyl (C=O) groups excluding carboxylic acids is 2. The Morgan fingerprint density at radius 2 is 2.19 bits per heavy atom. The molecule has 1 heterocycles. The van der Waals surface area contributed by atoms with Crippen LogP contribution in [0.25, 0.3) is 0 Å². The van der Waals surface area contributed by atoms with Crippen LogP contribution in [0.15, 0.2) is 12.1 Å². The van der Waals surface area contributed by atoms with Crippen LogP contribution < -0.4 is 5.32 Å². The smallest absolute Gasteiger partial charge is 0.331 e. The summed E-state index contributed by atoms with van der Waals surface area (Å²) in [6, 6.07) is 3.80. The lowest BCUT2D eigenvalue weighted by atomic mass is 9.96. The van der Waals surface area contributed by atoms with Crippen molar-refractivity contribution in [2.45, 2.75) is 38.0 Å². The number of thioether (sulfide) groups is 1. The van der Waals surface area contributed by atoms with E-state index >= 15 is 0 Å². The molecule has 0 fully saturated rings. The quantitative estimate of drug-likeness (QED) is 0.730. The summed E-state index contributed by atoms with van der Waals surface area (Å²) in [6.07, 6.45) is 1.34. The molecule has 1 amide bonds. The van der Waals surface area contributed by atoms with Crippen LogP contribution in [0.2, 0.25) is 4.34 Å². The first kappa shape index (κ1) is 18.3. The minimum Gasteiger partial charge on any atom is -0.467 e. The fourth-order valence-corrected chi connectivity index (χ4v) is 3.98. The third kappa shape index (κ3) is 5.88.